The second-order valence-electron chi connectivity index (χ2n) is 3.28. The van der Waals surface area contributed by atoms with E-state index < -0.39 is 17.5 Å². The van der Waals surface area contributed by atoms with E-state index in [4.69, 9.17) is 0 Å². The van der Waals surface area contributed by atoms with E-state index >= 15 is 0 Å². The molecule has 0 spiro atoms. The molecular formula is C12H12LiNO4. The number of aromatic nitrogens is 1. The average Bonchev–Trinajstić information content (AvgIpc) is 2.30. The molecule has 0 aliphatic heterocycles. The van der Waals surface area contributed by atoms with Crippen LogP contribution in [-0.4, -0.2) is 23.3 Å². The molecule has 0 aromatic carbocycles. The van der Waals surface area contributed by atoms with Crippen LogP contribution in [0.3, 0.4) is 0 Å². The van der Waals surface area contributed by atoms with Crippen molar-refractivity contribution in [1.82, 2.24) is 4.98 Å². The van der Waals surface area contributed by atoms with Crippen molar-refractivity contribution in [3.05, 3.63) is 35.7 Å². The maximum absolute atomic E-state index is 11.6. The van der Waals surface area contributed by atoms with Gasteiger partial charge in [-0.2, -0.15) is 0 Å². The molecule has 5 nitrogen and oxygen atoms in total. The minimum absolute atomic E-state index is 0. The number of carbonyl (C=O) groups excluding carboxylic acids is 2. The summed E-state index contributed by atoms with van der Waals surface area (Å²) in [6.07, 6.45) is 2.07. The summed E-state index contributed by atoms with van der Waals surface area (Å²) in [4.78, 5) is 26.1. The Morgan fingerprint density at radius 2 is 2.11 bits per heavy atom. The van der Waals surface area contributed by atoms with Crippen LogP contribution in [0.5, 0.6) is 0 Å². The summed E-state index contributed by atoms with van der Waals surface area (Å²) in [7, 11) is 0. The zero-order chi connectivity index (χ0) is 12.8. The summed E-state index contributed by atoms with van der Waals surface area (Å²) >= 11 is 0. The van der Waals surface area contributed by atoms with Crippen LogP contribution in [0.25, 0.3) is 5.76 Å². The Balaban J connectivity index is 0.00000289. The summed E-state index contributed by atoms with van der Waals surface area (Å²) in [6, 6.07) is 3.19. The molecule has 0 saturated heterocycles. The molecule has 90 valence electrons. The second kappa shape index (κ2) is 7.70. The van der Waals surface area contributed by atoms with Crippen LogP contribution in [0.1, 0.15) is 18.2 Å². The van der Waals surface area contributed by atoms with Gasteiger partial charge < -0.3 is 9.84 Å². The van der Waals surface area contributed by atoms with Crippen LogP contribution in [-0.2, 0) is 14.3 Å². The van der Waals surface area contributed by atoms with Crippen LogP contribution in [0, 0.1) is 6.92 Å². The number of nitrogens with zero attached hydrogens (tertiary/aromatic N) is 1. The van der Waals surface area contributed by atoms with Crippen LogP contribution < -0.4 is 24.0 Å². The van der Waals surface area contributed by atoms with Gasteiger partial charge in [0.15, 0.2) is 0 Å². The summed E-state index contributed by atoms with van der Waals surface area (Å²) < 4.78 is 4.47. The first-order valence-electron chi connectivity index (χ1n) is 5.07. The predicted molar refractivity (Wildman–Crippen MR) is 58.6 cm³/mol. The number of rotatable bonds is 4. The Morgan fingerprint density at radius 1 is 1.44 bits per heavy atom. The van der Waals surface area contributed by atoms with E-state index in [0.717, 1.165) is 5.69 Å². The van der Waals surface area contributed by atoms with E-state index in [-0.39, 0.29) is 31.0 Å². The minimum Gasteiger partial charge on any atom is -0.872 e. The molecule has 0 aliphatic carbocycles. The van der Waals surface area contributed by atoms with Crippen LogP contribution in [0.2, 0.25) is 0 Å². The number of ether oxygens (including phenoxy) is 1. The zero-order valence-electron chi connectivity index (χ0n) is 10.6. The molecule has 18 heavy (non-hydrogen) atoms. The van der Waals surface area contributed by atoms with Crippen LogP contribution in [0.15, 0.2) is 24.4 Å². The topological polar surface area (TPSA) is 79.3 Å². The molecule has 1 aromatic rings. The number of carbonyl (C=O) groups is 2. The van der Waals surface area contributed by atoms with Gasteiger partial charge in [0.2, 0.25) is 0 Å². The van der Waals surface area contributed by atoms with Gasteiger partial charge in [0, 0.05) is 11.9 Å². The molecule has 0 amide bonds. The standard InChI is InChI=1S/C12H13NO4.Li/c1-3-17-12(16)11(15)6-10(14)9-5-4-8(2)13-7-9;/h4-7,14H,3H2,1-2H3;/q;+1/p-1/b10-6+;. The van der Waals surface area contributed by atoms with Crippen molar-refractivity contribution in [2.75, 3.05) is 6.61 Å². The summed E-state index contributed by atoms with van der Waals surface area (Å²) in [6.45, 7) is 3.46. The monoisotopic (exact) mass is 241 g/mol. The fourth-order valence-corrected chi connectivity index (χ4v) is 1.08. The summed E-state index contributed by atoms with van der Waals surface area (Å²) in [5.74, 6) is -2.55. The van der Waals surface area contributed by atoms with Crippen molar-refractivity contribution in [3.63, 3.8) is 0 Å². The van der Waals surface area contributed by atoms with E-state index in [2.05, 4.69) is 9.72 Å². The quantitative estimate of drug-likeness (QED) is 0.187. The van der Waals surface area contributed by atoms with Gasteiger partial charge >= 0.3 is 24.8 Å². The van der Waals surface area contributed by atoms with Crippen molar-refractivity contribution in [2.24, 2.45) is 0 Å². The fraction of sp³-hybridized carbons (Fsp3) is 0.250. The van der Waals surface area contributed by atoms with Gasteiger partial charge in [-0.15, -0.1) is 0 Å². The van der Waals surface area contributed by atoms with E-state index in [1.807, 2.05) is 0 Å². The number of esters is 1. The Bertz CT molecular complexity index is 454. The number of ketones is 1. The summed E-state index contributed by atoms with van der Waals surface area (Å²) in [5, 5.41) is 11.6. The molecule has 0 atom stereocenters. The molecule has 0 saturated carbocycles. The normalized spacial score (nSPS) is 10.4. The van der Waals surface area contributed by atoms with E-state index in [1.54, 1.807) is 26.0 Å². The molecule has 6 heteroatoms. The summed E-state index contributed by atoms with van der Waals surface area (Å²) in [5.41, 5.74) is 1.02. The Labute approximate surface area is 117 Å². The molecular weight excluding hydrogens is 229 g/mol. The largest absolute Gasteiger partial charge is 1.00 e. The molecule has 0 N–H and O–H groups in total. The predicted octanol–water partition coefficient (Wildman–Crippen LogP) is -2.77. The third-order valence-corrected chi connectivity index (χ3v) is 1.93. The van der Waals surface area contributed by atoms with Crippen LogP contribution >= 0.6 is 0 Å². The number of aryl methyl sites for hydroxylation is 1. The van der Waals surface area contributed by atoms with Crippen molar-refractivity contribution in [2.45, 2.75) is 13.8 Å². The molecule has 0 bridgehead atoms. The molecule has 1 aromatic heterocycles. The number of hydrogen-bond donors (Lipinski definition) is 0. The molecule has 0 fully saturated rings. The first-order chi connectivity index (χ1) is 8.04. The maximum atomic E-state index is 11.6. The van der Waals surface area contributed by atoms with E-state index in [1.165, 1.54) is 6.20 Å². The van der Waals surface area contributed by atoms with Crippen molar-refractivity contribution >= 4 is 17.5 Å². The van der Waals surface area contributed by atoms with E-state index in [9.17, 15) is 14.7 Å². The van der Waals surface area contributed by atoms with Gasteiger partial charge in [0.1, 0.15) is 0 Å². The molecule has 0 unspecified atom stereocenters. The van der Waals surface area contributed by atoms with Gasteiger partial charge in [0.25, 0.3) is 5.78 Å². The third kappa shape index (κ3) is 4.74. The minimum atomic E-state index is -1.03. The van der Waals surface area contributed by atoms with Gasteiger partial charge in [0.05, 0.1) is 6.61 Å². The maximum Gasteiger partial charge on any atom is 1.00 e. The zero-order valence-corrected chi connectivity index (χ0v) is 10.6. The van der Waals surface area contributed by atoms with Gasteiger partial charge in [-0.05, 0) is 31.6 Å². The number of pyridine rings is 1. The molecule has 1 heterocycles. The molecule has 0 radical (unpaired) electrons. The van der Waals surface area contributed by atoms with Gasteiger partial charge in [-0.1, -0.05) is 11.8 Å². The second-order valence-corrected chi connectivity index (χ2v) is 3.28. The van der Waals surface area contributed by atoms with Crippen LogP contribution in [0.4, 0.5) is 0 Å². The Hall–Kier alpha value is -1.57. The first-order valence-corrected chi connectivity index (χ1v) is 5.07. The molecule has 0 aliphatic rings. The van der Waals surface area contributed by atoms with Crippen molar-refractivity contribution in [3.8, 4) is 0 Å². The number of hydrogen-bond acceptors (Lipinski definition) is 5. The fourth-order valence-electron chi connectivity index (χ4n) is 1.08. The Morgan fingerprint density at radius 3 is 2.61 bits per heavy atom. The van der Waals surface area contributed by atoms with Gasteiger partial charge in [-0.25, -0.2) is 4.79 Å². The third-order valence-electron chi connectivity index (χ3n) is 1.93. The van der Waals surface area contributed by atoms with Crippen molar-refractivity contribution < 1.29 is 38.3 Å². The average molecular weight is 241 g/mol. The molecule has 1 rings (SSSR count). The Kier molecular flexibility index (Phi) is 7.02. The van der Waals surface area contributed by atoms with Crippen molar-refractivity contribution in [1.29, 1.82) is 0 Å². The SMILES string of the molecule is CCOC(=O)C(=O)/C=C(/[O-])c1ccc(C)nc1.[Li+]. The smallest absolute Gasteiger partial charge is 0.872 e. The van der Waals surface area contributed by atoms with Gasteiger partial charge in [-0.3, -0.25) is 9.78 Å². The first kappa shape index (κ1) is 16.4. The van der Waals surface area contributed by atoms with E-state index in [0.29, 0.717) is 6.08 Å².